The maximum Gasteiger partial charge on any atom is 0.394 e. The summed E-state index contributed by atoms with van der Waals surface area (Å²) in [6.45, 7) is 10.2. The first kappa shape index (κ1) is 25.5. The largest absolute Gasteiger partial charge is 0.394 e. The molecule has 10 atom stereocenters. The molecule has 190 valence electrons. The van der Waals surface area contributed by atoms with Gasteiger partial charge >= 0.3 is 6.18 Å². The standard InChI is InChI=1S/C28H45F3O2/c1-17(6-11-24(32)18(2)28(29,30)31)21-9-10-22-20-8-7-19-16-25(3,33)14-15-26(19,4)23(20)12-13-27(21,22)5/h7,17-18,20-24,32-33H,6,8-16H2,1-5H3/t17-,18+,20+,21-,22+,23+,24?,25+,26+,27-/m1/s1. The van der Waals surface area contributed by atoms with E-state index in [1.54, 1.807) is 0 Å². The van der Waals surface area contributed by atoms with Crippen LogP contribution >= 0.6 is 0 Å². The third kappa shape index (κ3) is 4.43. The molecule has 5 heteroatoms. The average molecular weight is 471 g/mol. The first-order valence-corrected chi connectivity index (χ1v) is 13.4. The topological polar surface area (TPSA) is 40.5 Å². The molecular weight excluding hydrogens is 425 g/mol. The Morgan fingerprint density at radius 3 is 2.36 bits per heavy atom. The van der Waals surface area contributed by atoms with Gasteiger partial charge < -0.3 is 10.2 Å². The van der Waals surface area contributed by atoms with Gasteiger partial charge in [0.15, 0.2) is 0 Å². The minimum absolute atomic E-state index is 0.216. The van der Waals surface area contributed by atoms with Gasteiger partial charge in [-0.2, -0.15) is 13.2 Å². The van der Waals surface area contributed by atoms with Gasteiger partial charge in [0.05, 0.1) is 17.6 Å². The van der Waals surface area contributed by atoms with Crippen molar-refractivity contribution in [1.82, 2.24) is 0 Å². The van der Waals surface area contributed by atoms with Crippen LogP contribution in [-0.4, -0.2) is 28.1 Å². The molecule has 0 heterocycles. The molecule has 3 fully saturated rings. The highest BCUT2D eigenvalue weighted by atomic mass is 19.4. The van der Waals surface area contributed by atoms with Gasteiger partial charge in [-0.05, 0) is 112 Å². The fourth-order valence-electron chi connectivity index (χ4n) is 8.88. The van der Waals surface area contributed by atoms with Crippen LogP contribution in [0.4, 0.5) is 13.2 Å². The molecule has 0 saturated heterocycles. The molecule has 0 aliphatic heterocycles. The van der Waals surface area contributed by atoms with Crippen LogP contribution in [0.25, 0.3) is 0 Å². The molecule has 2 nitrogen and oxygen atoms in total. The predicted octanol–water partition coefficient (Wildman–Crippen LogP) is 7.29. The van der Waals surface area contributed by atoms with Gasteiger partial charge in [0.2, 0.25) is 0 Å². The Kier molecular flexibility index (Phi) is 6.61. The molecule has 0 aromatic carbocycles. The molecular formula is C28H45F3O2. The van der Waals surface area contributed by atoms with Crippen molar-refractivity contribution in [2.75, 3.05) is 0 Å². The zero-order valence-electron chi connectivity index (χ0n) is 21.2. The maximum absolute atomic E-state index is 13.0. The van der Waals surface area contributed by atoms with E-state index >= 15 is 0 Å². The Bertz CT molecular complexity index is 759. The van der Waals surface area contributed by atoms with Crippen LogP contribution < -0.4 is 0 Å². The van der Waals surface area contributed by atoms with Crippen LogP contribution in [0.5, 0.6) is 0 Å². The second-order valence-electron chi connectivity index (χ2n) is 13.1. The number of halogens is 3. The van der Waals surface area contributed by atoms with E-state index in [0.717, 1.165) is 32.6 Å². The zero-order valence-corrected chi connectivity index (χ0v) is 21.2. The lowest BCUT2D eigenvalue weighted by atomic mass is 9.46. The second kappa shape index (κ2) is 8.54. The van der Waals surface area contributed by atoms with E-state index in [9.17, 15) is 23.4 Å². The summed E-state index contributed by atoms with van der Waals surface area (Å²) in [6, 6.07) is 0. The Morgan fingerprint density at radius 2 is 1.70 bits per heavy atom. The third-order valence-electron chi connectivity index (χ3n) is 11.2. The summed E-state index contributed by atoms with van der Waals surface area (Å²) in [5.41, 5.74) is 1.39. The van der Waals surface area contributed by atoms with Crippen molar-refractivity contribution in [2.45, 2.75) is 117 Å². The van der Waals surface area contributed by atoms with Gasteiger partial charge in [-0.1, -0.05) is 39.3 Å². The van der Waals surface area contributed by atoms with E-state index in [-0.39, 0.29) is 17.3 Å². The Balaban J connectivity index is 1.45. The SMILES string of the molecule is C[C@H](CCC(O)[C@H](C)C(F)(F)F)[C@H]1CC[C@H]2[C@@H]3CC=C4C[C@@](C)(O)CC[C@]4(C)[C@H]3CC[C@]12C. The molecule has 1 unspecified atom stereocenters. The van der Waals surface area contributed by atoms with E-state index in [0.29, 0.717) is 36.0 Å². The summed E-state index contributed by atoms with van der Waals surface area (Å²) >= 11 is 0. The molecule has 33 heavy (non-hydrogen) atoms. The summed E-state index contributed by atoms with van der Waals surface area (Å²) < 4.78 is 38.9. The number of aliphatic hydroxyl groups is 2. The number of allylic oxidation sites excluding steroid dienone is 1. The van der Waals surface area contributed by atoms with Gasteiger partial charge in [-0.15, -0.1) is 0 Å². The average Bonchev–Trinajstić information content (AvgIpc) is 3.08. The molecule has 0 bridgehead atoms. The van der Waals surface area contributed by atoms with E-state index in [2.05, 4.69) is 26.8 Å². The van der Waals surface area contributed by atoms with Crippen molar-refractivity contribution >= 4 is 0 Å². The number of alkyl halides is 3. The van der Waals surface area contributed by atoms with Gasteiger partial charge in [0.1, 0.15) is 0 Å². The van der Waals surface area contributed by atoms with Gasteiger partial charge in [-0.25, -0.2) is 0 Å². The zero-order chi connectivity index (χ0) is 24.4. The minimum atomic E-state index is -4.33. The van der Waals surface area contributed by atoms with E-state index < -0.39 is 23.8 Å². The fourth-order valence-corrected chi connectivity index (χ4v) is 8.88. The summed E-state index contributed by atoms with van der Waals surface area (Å²) in [7, 11) is 0. The molecule has 4 aliphatic rings. The molecule has 3 saturated carbocycles. The van der Waals surface area contributed by atoms with E-state index in [1.807, 2.05) is 6.92 Å². The predicted molar refractivity (Wildman–Crippen MR) is 125 cm³/mol. The lowest BCUT2D eigenvalue weighted by Crippen LogP contribution is -2.52. The molecule has 0 radical (unpaired) electrons. The highest BCUT2D eigenvalue weighted by molar-refractivity contribution is 5.26. The Morgan fingerprint density at radius 1 is 1.00 bits per heavy atom. The molecule has 0 amide bonds. The Labute approximate surface area is 198 Å². The van der Waals surface area contributed by atoms with Gasteiger partial charge in [-0.3, -0.25) is 0 Å². The van der Waals surface area contributed by atoms with Crippen LogP contribution in [0.15, 0.2) is 11.6 Å². The normalized spacial score (nSPS) is 45.9. The lowest BCUT2D eigenvalue weighted by Gasteiger charge is -2.59. The van der Waals surface area contributed by atoms with Crippen LogP contribution in [0.3, 0.4) is 0 Å². The molecule has 4 aliphatic carbocycles. The first-order valence-electron chi connectivity index (χ1n) is 13.4. The van der Waals surface area contributed by atoms with Crippen molar-refractivity contribution in [3.05, 3.63) is 11.6 Å². The van der Waals surface area contributed by atoms with Crippen LogP contribution in [0.2, 0.25) is 0 Å². The molecule has 0 aromatic rings. The number of hydrogen-bond acceptors (Lipinski definition) is 2. The molecule has 0 spiro atoms. The summed E-state index contributed by atoms with van der Waals surface area (Å²) in [5.74, 6) is 1.26. The smallest absolute Gasteiger partial charge is 0.393 e. The van der Waals surface area contributed by atoms with Crippen molar-refractivity contribution in [3.63, 3.8) is 0 Å². The molecule has 2 N–H and O–H groups in total. The van der Waals surface area contributed by atoms with Crippen molar-refractivity contribution in [2.24, 2.45) is 46.3 Å². The number of aliphatic hydroxyl groups excluding tert-OH is 1. The van der Waals surface area contributed by atoms with E-state index in [4.69, 9.17) is 0 Å². The van der Waals surface area contributed by atoms with Crippen molar-refractivity contribution in [3.8, 4) is 0 Å². The highest BCUT2D eigenvalue weighted by Gasteiger charge is 2.59. The van der Waals surface area contributed by atoms with Crippen molar-refractivity contribution in [1.29, 1.82) is 0 Å². The summed E-state index contributed by atoms with van der Waals surface area (Å²) in [5, 5.41) is 20.8. The van der Waals surface area contributed by atoms with Gasteiger partial charge in [0, 0.05) is 0 Å². The first-order chi connectivity index (χ1) is 15.2. The minimum Gasteiger partial charge on any atom is -0.393 e. The maximum atomic E-state index is 13.0. The molecule has 4 rings (SSSR count). The van der Waals surface area contributed by atoms with E-state index in [1.165, 1.54) is 31.3 Å². The van der Waals surface area contributed by atoms with Crippen LogP contribution in [0, 0.1) is 46.3 Å². The third-order valence-corrected chi connectivity index (χ3v) is 11.2. The quantitative estimate of drug-likeness (QED) is 0.414. The fraction of sp³-hybridized carbons (Fsp3) is 0.929. The monoisotopic (exact) mass is 470 g/mol. The van der Waals surface area contributed by atoms with Crippen LogP contribution in [-0.2, 0) is 0 Å². The second-order valence-corrected chi connectivity index (χ2v) is 13.1. The van der Waals surface area contributed by atoms with Crippen LogP contribution in [0.1, 0.15) is 98.8 Å². The highest BCUT2D eigenvalue weighted by Crippen LogP contribution is 2.67. The van der Waals surface area contributed by atoms with Gasteiger partial charge in [0.25, 0.3) is 0 Å². The lowest BCUT2D eigenvalue weighted by molar-refractivity contribution is -0.195. The number of hydrogen-bond donors (Lipinski definition) is 2. The van der Waals surface area contributed by atoms with Crippen molar-refractivity contribution < 1.29 is 23.4 Å². The number of rotatable bonds is 5. The summed E-state index contributed by atoms with van der Waals surface area (Å²) in [4.78, 5) is 0. The number of fused-ring (bicyclic) bond motifs is 5. The Hall–Kier alpha value is -0.550. The summed E-state index contributed by atoms with van der Waals surface area (Å²) in [6.07, 6.45) is 6.43. The molecule has 0 aromatic heterocycles.